The van der Waals surface area contributed by atoms with E-state index >= 15 is 0 Å². The van der Waals surface area contributed by atoms with Crippen LogP contribution in [-0.4, -0.2) is 40.8 Å². The molecule has 5 heteroatoms. The van der Waals surface area contributed by atoms with Gasteiger partial charge in [-0.05, 0) is 20.8 Å². The van der Waals surface area contributed by atoms with Gasteiger partial charge in [-0.3, -0.25) is 0 Å². The predicted molar refractivity (Wildman–Crippen MR) is 64.4 cm³/mol. The molecule has 1 aliphatic heterocycles. The Balaban J connectivity index is 2.44. The lowest BCUT2D eigenvalue weighted by atomic mass is 10.2. The van der Waals surface area contributed by atoms with Gasteiger partial charge in [-0.2, -0.15) is 0 Å². The minimum Gasteiger partial charge on any atom is -0.374 e. The lowest BCUT2D eigenvalue weighted by molar-refractivity contribution is 0.0342. The molecular weight excluding hydrogens is 224 g/mol. The highest BCUT2D eigenvalue weighted by molar-refractivity contribution is 6.60. The molecule has 0 saturated carbocycles. The summed E-state index contributed by atoms with van der Waals surface area (Å²) in [5.41, 5.74) is 0. The zero-order valence-electron chi connectivity index (χ0n) is 10.8. The van der Waals surface area contributed by atoms with Gasteiger partial charge in [-0.15, -0.1) is 0 Å². The van der Waals surface area contributed by atoms with Crippen molar-refractivity contribution in [2.24, 2.45) is 0 Å². The summed E-state index contributed by atoms with van der Waals surface area (Å²) in [6.07, 6.45) is 1.48. The van der Waals surface area contributed by atoms with E-state index in [2.05, 4.69) is 13.8 Å². The molecule has 0 amide bonds. The Bertz CT molecular complexity index is 190. The monoisotopic (exact) mass is 248 g/mol. The highest BCUT2D eigenvalue weighted by Gasteiger charge is 2.41. The molecule has 2 unspecified atom stereocenters. The van der Waals surface area contributed by atoms with Gasteiger partial charge >= 0.3 is 8.80 Å². The smallest absolute Gasteiger partial charge is 0.374 e. The molecule has 0 aromatic carbocycles. The van der Waals surface area contributed by atoms with Crippen molar-refractivity contribution in [1.29, 1.82) is 0 Å². The second-order valence-corrected chi connectivity index (χ2v) is 6.91. The van der Waals surface area contributed by atoms with Gasteiger partial charge in [0.25, 0.3) is 0 Å². The van der Waals surface area contributed by atoms with Crippen LogP contribution >= 0.6 is 0 Å². The summed E-state index contributed by atoms with van der Waals surface area (Å²) in [6.45, 7) is 10.3. The average molecular weight is 248 g/mol. The molecule has 4 nitrogen and oxygen atoms in total. The molecule has 0 bridgehead atoms. The molecular formula is C11H24O4Si. The van der Waals surface area contributed by atoms with Gasteiger partial charge in [0, 0.05) is 31.8 Å². The summed E-state index contributed by atoms with van der Waals surface area (Å²) in [5.74, 6) is 0. The molecule has 96 valence electrons. The normalized spacial score (nSPS) is 22.1. The van der Waals surface area contributed by atoms with Crippen molar-refractivity contribution in [1.82, 2.24) is 0 Å². The van der Waals surface area contributed by atoms with Crippen LogP contribution in [0.2, 0.25) is 6.04 Å². The lowest BCUT2D eigenvalue weighted by Gasteiger charge is -2.30. The second kappa shape index (κ2) is 6.71. The maximum absolute atomic E-state index is 6.03. The molecule has 2 atom stereocenters. The highest BCUT2D eigenvalue weighted by Crippen LogP contribution is 2.23. The van der Waals surface area contributed by atoms with Crippen LogP contribution in [0, 0.1) is 0 Å². The topological polar surface area (TPSA) is 40.2 Å². The predicted octanol–water partition coefficient (Wildman–Crippen LogP) is 2.21. The molecule has 0 N–H and O–H groups in total. The minimum atomic E-state index is -2.43. The Hall–Kier alpha value is 0.0569. The fourth-order valence-corrected chi connectivity index (χ4v) is 4.15. The van der Waals surface area contributed by atoms with E-state index in [-0.39, 0.29) is 6.10 Å². The first-order chi connectivity index (χ1) is 7.65. The molecule has 0 spiro atoms. The SMILES string of the molecule is CCO[Si](CC)(OCC)OC(C)CC1CO1. The van der Waals surface area contributed by atoms with Crippen molar-refractivity contribution < 1.29 is 18.0 Å². The molecule has 1 rings (SSSR count). The van der Waals surface area contributed by atoms with E-state index in [0.717, 1.165) is 19.1 Å². The summed E-state index contributed by atoms with van der Waals surface area (Å²) in [4.78, 5) is 0. The van der Waals surface area contributed by atoms with Crippen LogP contribution in [0.1, 0.15) is 34.1 Å². The van der Waals surface area contributed by atoms with E-state index in [1.807, 2.05) is 13.8 Å². The van der Waals surface area contributed by atoms with E-state index in [9.17, 15) is 0 Å². The van der Waals surface area contributed by atoms with Gasteiger partial charge in [0.05, 0.1) is 12.7 Å². The van der Waals surface area contributed by atoms with Gasteiger partial charge in [-0.25, -0.2) is 0 Å². The number of hydrogen-bond donors (Lipinski definition) is 0. The van der Waals surface area contributed by atoms with E-state index in [0.29, 0.717) is 19.3 Å². The van der Waals surface area contributed by atoms with E-state index in [1.165, 1.54) is 0 Å². The van der Waals surface area contributed by atoms with Crippen molar-refractivity contribution in [3.63, 3.8) is 0 Å². The van der Waals surface area contributed by atoms with Crippen LogP contribution in [0.3, 0.4) is 0 Å². The van der Waals surface area contributed by atoms with Gasteiger partial charge in [0.1, 0.15) is 0 Å². The number of rotatable bonds is 9. The van der Waals surface area contributed by atoms with Crippen LogP contribution in [0.25, 0.3) is 0 Å². The van der Waals surface area contributed by atoms with Gasteiger partial charge in [0.2, 0.25) is 0 Å². The van der Waals surface area contributed by atoms with E-state index < -0.39 is 8.80 Å². The quantitative estimate of drug-likeness (QED) is 0.463. The summed E-state index contributed by atoms with van der Waals surface area (Å²) in [6, 6.07) is 0.824. The summed E-state index contributed by atoms with van der Waals surface area (Å²) in [5, 5.41) is 0. The summed E-state index contributed by atoms with van der Waals surface area (Å²) >= 11 is 0. The number of ether oxygens (including phenoxy) is 1. The zero-order valence-corrected chi connectivity index (χ0v) is 11.8. The molecule has 16 heavy (non-hydrogen) atoms. The first-order valence-electron chi connectivity index (χ1n) is 6.23. The third-order valence-corrected chi connectivity index (χ3v) is 5.62. The minimum absolute atomic E-state index is 0.150. The van der Waals surface area contributed by atoms with Crippen LogP contribution in [-0.2, 0) is 18.0 Å². The molecule has 0 aliphatic carbocycles. The Labute approximate surface area is 99.6 Å². The molecule has 0 aromatic rings. The van der Waals surface area contributed by atoms with Crippen molar-refractivity contribution in [2.75, 3.05) is 19.8 Å². The number of epoxide rings is 1. The molecule has 0 radical (unpaired) electrons. The van der Waals surface area contributed by atoms with Gasteiger partial charge in [0.15, 0.2) is 0 Å². The summed E-state index contributed by atoms with van der Waals surface area (Å²) < 4.78 is 22.7. The van der Waals surface area contributed by atoms with Crippen molar-refractivity contribution in [3.05, 3.63) is 0 Å². The van der Waals surface area contributed by atoms with Crippen molar-refractivity contribution in [3.8, 4) is 0 Å². The largest absolute Gasteiger partial charge is 0.500 e. The molecule has 1 aliphatic rings. The lowest BCUT2D eigenvalue weighted by Crippen LogP contribution is -2.47. The molecule has 0 aromatic heterocycles. The molecule has 1 heterocycles. The van der Waals surface area contributed by atoms with Crippen LogP contribution in [0.5, 0.6) is 0 Å². The van der Waals surface area contributed by atoms with Crippen LogP contribution in [0.4, 0.5) is 0 Å². The van der Waals surface area contributed by atoms with Crippen molar-refractivity contribution >= 4 is 8.80 Å². The Morgan fingerprint density at radius 1 is 1.25 bits per heavy atom. The summed E-state index contributed by atoms with van der Waals surface area (Å²) in [7, 11) is -2.43. The Morgan fingerprint density at radius 3 is 2.19 bits per heavy atom. The Morgan fingerprint density at radius 2 is 1.81 bits per heavy atom. The fraction of sp³-hybridized carbons (Fsp3) is 1.00. The highest BCUT2D eigenvalue weighted by atomic mass is 28.4. The maximum atomic E-state index is 6.03. The first kappa shape index (κ1) is 14.1. The first-order valence-corrected chi connectivity index (χ1v) is 8.16. The van der Waals surface area contributed by atoms with Crippen molar-refractivity contribution in [2.45, 2.75) is 52.4 Å². The van der Waals surface area contributed by atoms with E-state index in [1.54, 1.807) is 0 Å². The van der Waals surface area contributed by atoms with E-state index in [4.69, 9.17) is 18.0 Å². The standard InChI is InChI=1S/C11H24O4Si/c1-5-13-16(7-3,14-6-2)15-10(4)8-11-9-12-11/h10-11H,5-9H2,1-4H3. The fourth-order valence-electron chi connectivity index (χ4n) is 1.77. The Kier molecular flexibility index (Phi) is 5.92. The third-order valence-electron chi connectivity index (χ3n) is 2.54. The third kappa shape index (κ3) is 4.51. The van der Waals surface area contributed by atoms with Gasteiger partial charge in [-0.1, -0.05) is 6.92 Å². The molecule has 1 saturated heterocycles. The maximum Gasteiger partial charge on any atom is 0.500 e. The zero-order chi connectivity index (χ0) is 12.0. The second-order valence-electron chi connectivity index (χ2n) is 4.02. The number of hydrogen-bond acceptors (Lipinski definition) is 4. The van der Waals surface area contributed by atoms with Crippen LogP contribution < -0.4 is 0 Å². The van der Waals surface area contributed by atoms with Crippen LogP contribution in [0.15, 0.2) is 0 Å². The molecule has 1 fully saturated rings. The van der Waals surface area contributed by atoms with Gasteiger partial charge < -0.3 is 18.0 Å². The average Bonchev–Trinajstić information content (AvgIpc) is 3.02.